The van der Waals surface area contributed by atoms with E-state index in [1.165, 1.54) is 19.3 Å². The number of carbonyl (C=O) groups excluding carboxylic acids is 1. The molecule has 1 heterocycles. The molecule has 116 valence electrons. The molecule has 1 saturated heterocycles. The second-order valence-corrected chi connectivity index (χ2v) is 5.46. The number of likely N-dealkylation sites (tertiary alicyclic amines) is 1. The van der Waals surface area contributed by atoms with Gasteiger partial charge >= 0.3 is 6.03 Å². The van der Waals surface area contributed by atoms with Gasteiger partial charge in [-0.1, -0.05) is 18.6 Å². The van der Waals surface area contributed by atoms with E-state index in [9.17, 15) is 4.79 Å². The molecule has 1 aromatic rings. The zero-order valence-corrected chi connectivity index (χ0v) is 12.9. The summed E-state index contributed by atoms with van der Waals surface area (Å²) in [5, 5.41) is 5.72. The number of anilines is 1. The number of benzene rings is 1. The molecule has 2 N–H and O–H groups in total. The Morgan fingerprint density at radius 1 is 1.38 bits per heavy atom. The third kappa shape index (κ3) is 4.63. The quantitative estimate of drug-likeness (QED) is 0.877. The molecule has 0 saturated carbocycles. The van der Waals surface area contributed by atoms with Crippen molar-refractivity contribution < 1.29 is 9.53 Å². The molecule has 21 heavy (non-hydrogen) atoms. The Kier molecular flexibility index (Phi) is 5.87. The van der Waals surface area contributed by atoms with Gasteiger partial charge in [0.2, 0.25) is 0 Å². The maximum atomic E-state index is 11.9. The number of piperidine rings is 1. The van der Waals surface area contributed by atoms with Gasteiger partial charge in [0.25, 0.3) is 0 Å². The van der Waals surface area contributed by atoms with Gasteiger partial charge in [0.1, 0.15) is 5.75 Å². The summed E-state index contributed by atoms with van der Waals surface area (Å²) in [5.41, 5.74) is 0.684. The predicted octanol–water partition coefficient (Wildman–Crippen LogP) is 2.69. The number of hydrogen-bond donors (Lipinski definition) is 2. The van der Waals surface area contributed by atoms with Crippen LogP contribution >= 0.6 is 0 Å². The molecule has 1 aromatic carbocycles. The molecule has 2 amide bonds. The normalized spacial score (nSPS) is 19.0. The summed E-state index contributed by atoms with van der Waals surface area (Å²) in [4.78, 5) is 14.3. The third-order valence-corrected chi connectivity index (χ3v) is 3.98. The van der Waals surface area contributed by atoms with Crippen LogP contribution in [0.2, 0.25) is 0 Å². The first-order chi connectivity index (χ1) is 10.2. The van der Waals surface area contributed by atoms with Crippen molar-refractivity contribution in [1.82, 2.24) is 10.2 Å². The van der Waals surface area contributed by atoms with E-state index in [0.29, 0.717) is 24.0 Å². The van der Waals surface area contributed by atoms with Crippen LogP contribution in [0.25, 0.3) is 0 Å². The van der Waals surface area contributed by atoms with Crippen molar-refractivity contribution in [2.45, 2.75) is 32.2 Å². The number of carbonyl (C=O) groups is 1. The van der Waals surface area contributed by atoms with Crippen LogP contribution in [0.5, 0.6) is 5.75 Å². The zero-order chi connectivity index (χ0) is 15.1. The molecular weight excluding hydrogens is 266 g/mol. The molecule has 2 rings (SSSR count). The number of urea groups is 1. The van der Waals surface area contributed by atoms with Crippen molar-refractivity contribution in [2.24, 2.45) is 0 Å². The number of nitrogens with zero attached hydrogens (tertiary/aromatic N) is 1. The number of hydrogen-bond acceptors (Lipinski definition) is 3. The van der Waals surface area contributed by atoms with Crippen LogP contribution < -0.4 is 15.4 Å². The second-order valence-electron chi connectivity index (χ2n) is 5.46. The maximum Gasteiger partial charge on any atom is 0.319 e. The number of amides is 2. The molecule has 0 unspecified atom stereocenters. The standard InChI is InChI=1S/C16H25N3O2/c1-13-7-5-6-11-19(13)12-10-17-16(20)18-14-8-3-4-9-15(14)21-2/h3-4,8-9,13H,5-7,10-12H2,1-2H3,(H2,17,18,20)/t13-/m1/s1. The van der Waals surface area contributed by atoms with Gasteiger partial charge in [0, 0.05) is 19.1 Å². The Morgan fingerprint density at radius 2 is 2.19 bits per heavy atom. The van der Waals surface area contributed by atoms with E-state index in [1.807, 2.05) is 24.3 Å². The van der Waals surface area contributed by atoms with E-state index in [-0.39, 0.29) is 6.03 Å². The van der Waals surface area contributed by atoms with Crippen molar-refractivity contribution in [3.05, 3.63) is 24.3 Å². The van der Waals surface area contributed by atoms with Crippen LogP contribution in [0, 0.1) is 0 Å². The number of para-hydroxylation sites is 2. The molecule has 0 bridgehead atoms. The Morgan fingerprint density at radius 3 is 2.95 bits per heavy atom. The zero-order valence-electron chi connectivity index (χ0n) is 12.9. The van der Waals surface area contributed by atoms with Gasteiger partial charge in [0.05, 0.1) is 12.8 Å². The molecule has 0 aromatic heterocycles. The topological polar surface area (TPSA) is 53.6 Å². The summed E-state index contributed by atoms with van der Waals surface area (Å²) < 4.78 is 5.21. The van der Waals surface area contributed by atoms with Crippen LogP contribution in [0.15, 0.2) is 24.3 Å². The van der Waals surface area contributed by atoms with E-state index in [0.717, 1.165) is 13.1 Å². The van der Waals surface area contributed by atoms with Gasteiger partial charge in [-0.15, -0.1) is 0 Å². The van der Waals surface area contributed by atoms with Crippen molar-refractivity contribution in [1.29, 1.82) is 0 Å². The largest absolute Gasteiger partial charge is 0.495 e. The summed E-state index contributed by atoms with van der Waals surface area (Å²) in [7, 11) is 1.59. The van der Waals surface area contributed by atoms with E-state index >= 15 is 0 Å². The first kappa shape index (κ1) is 15.6. The Balaban J connectivity index is 1.74. The van der Waals surface area contributed by atoms with Crippen LogP contribution in [0.1, 0.15) is 26.2 Å². The van der Waals surface area contributed by atoms with Crippen molar-refractivity contribution in [3.8, 4) is 5.75 Å². The fourth-order valence-electron chi connectivity index (χ4n) is 2.72. The highest BCUT2D eigenvalue weighted by molar-refractivity contribution is 5.90. The molecule has 0 spiro atoms. The Labute approximate surface area is 126 Å². The summed E-state index contributed by atoms with van der Waals surface area (Å²) in [6.45, 7) is 4.96. The predicted molar refractivity (Wildman–Crippen MR) is 84.9 cm³/mol. The van der Waals surface area contributed by atoms with E-state index < -0.39 is 0 Å². The third-order valence-electron chi connectivity index (χ3n) is 3.98. The monoisotopic (exact) mass is 291 g/mol. The van der Waals surface area contributed by atoms with Gasteiger partial charge in [0.15, 0.2) is 0 Å². The van der Waals surface area contributed by atoms with Crippen molar-refractivity contribution in [3.63, 3.8) is 0 Å². The fraction of sp³-hybridized carbons (Fsp3) is 0.562. The minimum Gasteiger partial charge on any atom is -0.495 e. The van der Waals surface area contributed by atoms with Gasteiger partial charge in [-0.2, -0.15) is 0 Å². The first-order valence-electron chi connectivity index (χ1n) is 7.62. The summed E-state index contributed by atoms with van der Waals surface area (Å²) >= 11 is 0. The summed E-state index contributed by atoms with van der Waals surface area (Å²) in [6, 6.07) is 7.82. The van der Waals surface area contributed by atoms with Gasteiger partial charge < -0.3 is 15.4 Å². The average molecular weight is 291 g/mol. The number of methoxy groups -OCH3 is 1. The first-order valence-corrected chi connectivity index (χ1v) is 7.62. The average Bonchev–Trinajstić information content (AvgIpc) is 2.50. The number of ether oxygens (including phenoxy) is 1. The van der Waals surface area contributed by atoms with Crippen LogP contribution in [-0.2, 0) is 0 Å². The maximum absolute atomic E-state index is 11.9. The molecule has 5 heteroatoms. The van der Waals surface area contributed by atoms with E-state index in [4.69, 9.17) is 4.74 Å². The lowest BCUT2D eigenvalue weighted by Crippen LogP contribution is -2.43. The molecule has 0 radical (unpaired) electrons. The Hall–Kier alpha value is -1.75. The highest BCUT2D eigenvalue weighted by Gasteiger charge is 2.17. The lowest BCUT2D eigenvalue weighted by molar-refractivity contribution is 0.162. The summed E-state index contributed by atoms with van der Waals surface area (Å²) in [5.74, 6) is 0.664. The van der Waals surface area contributed by atoms with Gasteiger partial charge in [-0.25, -0.2) is 4.79 Å². The van der Waals surface area contributed by atoms with Crippen molar-refractivity contribution in [2.75, 3.05) is 32.1 Å². The number of nitrogens with one attached hydrogen (secondary N) is 2. The van der Waals surface area contributed by atoms with E-state index in [2.05, 4.69) is 22.5 Å². The van der Waals surface area contributed by atoms with Crippen LogP contribution in [0.4, 0.5) is 10.5 Å². The molecule has 1 aliphatic rings. The lowest BCUT2D eigenvalue weighted by Gasteiger charge is -2.33. The number of rotatable bonds is 5. The summed E-state index contributed by atoms with van der Waals surface area (Å²) in [6.07, 6.45) is 3.84. The van der Waals surface area contributed by atoms with Crippen LogP contribution in [-0.4, -0.2) is 43.7 Å². The molecule has 1 atom stereocenters. The SMILES string of the molecule is COc1ccccc1NC(=O)NCCN1CCCC[C@H]1C. The van der Waals surface area contributed by atoms with E-state index in [1.54, 1.807) is 7.11 Å². The second kappa shape index (κ2) is 7.88. The Bertz CT molecular complexity index is 465. The minimum absolute atomic E-state index is 0.191. The molecule has 1 fully saturated rings. The highest BCUT2D eigenvalue weighted by Crippen LogP contribution is 2.22. The molecular formula is C16H25N3O2. The van der Waals surface area contributed by atoms with Crippen LogP contribution in [0.3, 0.4) is 0 Å². The van der Waals surface area contributed by atoms with Gasteiger partial charge in [-0.3, -0.25) is 4.90 Å². The molecule has 5 nitrogen and oxygen atoms in total. The molecule has 1 aliphatic heterocycles. The van der Waals surface area contributed by atoms with Gasteiger partial charge in [-0.05, 0) is 38.4 Å². The minimum atomic E-state index is -0.191. The fourth-order valence-corrected chi connectivity index (χ4v) is 2.72. The highest BCUT2D eigenvalue weighted by atomic mass is 16.5. The molecule has 0 aliphatic carbocycles. The smallest absolute Gasteiger partial charge is 0.319 e. The lowest BCUT2D eigenvalue weighted by atomic mass is 10.0. The van der Waals surface area contributed by atoms with Crippen molar-refractivity contribution >= 4 is 11.7 Å².